The van der Waals surface area contributed by atoms with E-state index in [0.717, 1.165) is 35.0 Å². The normalized spacial score (nSPS) is 9.00. The zero-order valence-electron chi connectivity index (χ0n) is 8.25. The van der Waals surface area contributed by atoms with E-state index in [4.69, 9.17) is 0 Å². The molecule has 0 saturated heterocycles. The summed E-state index contributed by atoms with van der Waals surface area (Å²) in [4.78, 5) is 19.8. The van der Waals surface area contributed by atoms with Crippen molar-refractivity contribution >= 4 is 36.1 Å². The van der Waals surface area contributed by atoms with E-state index in [0.29, 0.717) is 11.5 Å². The molecule has 0 unspecified atom stereocenters. The molecule has 1 aromatic carbocycles. The third-order valence-electron chi connectivity index (χ3n) is 1.76. The molecule has 0 bridgehead atoms. The van der Waals surface area contributed by atoms with Gasteiger partial charge in [0.25, 0.3) is 0 Å². The minimum absolute atomic E-state index is 0.608. The van der Waals surface area contributed by atoms with E-state index in [-0.39, 0.29) is 0 Å². The lowest BCUT2D eigenvalue weighted by atomic mass is 10.1. The molecule has 0 aliphatic carbocycles. The Morgan fingerprint density at radius 3 is 1.75 bits per heavy atom. The highest BCUT2D eigenvalue weighted by atomic mass is 32.2. The van der Waals surface area contributed by atoms with E-state index >= 15 is 0 Å². The summed E-state index contributed by atoms with van der Waals surface area (Å²) in [6.07, 6.45) is 2.95. The van der Waals surface area contributed by atoms with Crippen LogP contribution in [0.1, 0.15) is 11.1 Å². The predicted octanol–water partition coefficient (Wildman–Crippen LogP) is 2.65. The molecule has 6 heteroatoms. The maximum Gasteiger partial charge on any atom is 0.247 e. The number of isocyanates is 2. The Morgan fingerprint density at radius 2 is 1.38 bits per heavy atom. The van der Waals surface area contributed by atoms with E-state index in [1.807, 2.05) is 24.3 Å². The molecule has 0 radical (unpaired) electrons. The number of hydrogen-bond acceptors (Lipinski definition) is 6. The summed E-state index contributed by atoms with van der Waals surface area (Å²) < 4.78 is 6.85. The molecule has 0 aromatic heterocycles. The highest BCUT2D eigenvalue weighted by Gasteiger charge is 2.01. The van der Waals surface area contributed by atoms with Gasteiger partial charge in [0.1, 0.15) is 0 Å². The van der Waals surface area contributed by atoms with Crippen molar-refractivity contribution in [2.24, 2.45) is 8.80 Å². The van der Waals surface area contributed by atoms with Crippen molar-refractivity contribution in [3.63, 3.8) is 0 Å². The average Bonchev–Trinajstić information content (AvgIpc) is 2.32. The Kier molecular flexibility index (Phi) is 6.30. The molecule has 0 amide bonds. The lowest BCUT2D eigenvalue weighted by molar-refractivity contribution is 0.565. The van der Waals surface area contributed by atoms with Crippen molar-refractivity contribution < 1.29 is 9.59 Å². The first-order chi connectivity index (χ1) is 7.88. The lowest BCUT2D eigenvalue weighted by Crippen LogP contribution is -1.88. The van der Waals surface area contributed by atoms with Gasteiger partial charge in [0.05, 0.1) is 0 Å². The molecule has 0 fully saturated rings. The van der Waals surface area contributed by atoms with Crippen LogP contribution in [0.3, 0.4) is 0 Å². The first-order valence-electron chi connectivity index (χ1n) is 4.33. The van der Waals surface area contributed by atoms with E-state index < -0.39 is 0 Å². The van der Waals surface area contributed by atoms with Crippen molar-refractivity contribution in [1.29, 1.82) is 0 Å². The van der Waals surface area contributed by atoms with Crippen LogP contribution < -0.4 is 0 Å². The molecule has 0 N–H and O–H groups in total. The molecule has 1 rings (SSSR count). The third kappa shape index (κ3) is 4.47. The number of benzene rings is 1. The smallest absolute Gasteiger partial charge is 0.210 e. The molecule has 0 atom stereocenters. The van der Waals surface area contributed by atoms with Crippen LogP contribution in [-0.2, 0) is 21.1 Å². The summed E-state index contributed by atoms with van der Waals surface area (Å²) in [6, 6.07) is 7.73. The van der Waals surface area contributed by atoms with Gasteiger partial charge in [-0.15, -0.1) is 8.80 Å². The number of hydrogen-bond donors (Lipinski definition) is 0. The van der Waals surface area contributed by atoms with Gasteiger partial charge in [-0.2, -0.15) is 0 Å². The SMILES string of the molecule is O=C=NSCc1ccccc1CSN=C=O. The zero-order valence-corrected chi connectivity index (χ0v) is 9.88. The van der Waals surface area contributed by atoms with Crippen LogP contribution in [0, 0.1) is 0 Å². The summed E-state index contributed by atoms with van der Waals surface area (Å²) in [7, 11) is 0. The second-order valence-electron chi connectivity index (χ2n) is 2.68. The van der Waals surface area contributed by atoms with Gasteiger partial charge in [-0.25, -0.2) is 9.59 Å². The van der Waals surface area contributed by atoms with Gasteiger partial charge in [0.15, 0.2) is 0 Å². The minimum atomic E-state index is 0.608. The lowest BCUT2D eigenvalue weighted by Gasteiger charge is -2.04. The summed E-state index contributed by atoms with van der Waals surface area (Å²) in [5, 5.41) is 0. The van der Waals surface area contributed by atoms with Crippen LogP contribution in [-0.4, -0.2) is 12.2 Å². The third-order valence-corrected chi connectivity index (χ3v) is 3.05. The van der Waals surface area contributed by atoms with Gasteiger partial charge in [0.2, 0.25) is 12.2 Å². The van der Waals surface area contributed by atoms with Crippen molar-refractivity contribution in [1.82, 2.24) is 0 Å². The van der Waals surface area contributed by atoms with E-state index in [1.165, 1.54) is 12.2 Å². The van der Waals surface area contributed by atoms with Crippen molar-refractivity contribution in [3.05, 3.63) is 35.4 Å². The Labute approximate surface area is 102 Å². The maximum atomic E-state index is 9.92. The summed E-state index contributed by atoms with van der Waals surface area (Å²) >= 11 is 2.29. The Morgan fingerprint density at radius 1 is 0.938 bits per heavy atom. The minimum Gasteiger partial charge on any atom is -0.210 e. The zero-order chi connectivity index (χ0) is 11.6. The monoisotopic (exact) mass is 252 g/mol. The molecule has 0 saturated carbocycles. The molecule has 82 valence electrons. The summed E-state index contributed by atoms with van der Waals surface area (Å²) in [6.45, 7) is 0. The van der Waals surface area contributed by atoms with Crippen LogP contribution >= 0.6 is 23.9 Å². The number of carbonyl (C=O) groups excluding carboxylic acids is 2. The largest absolute Gasteiger partial charge is 0.247 e. The number of nitrogens with zero attached hydrogens (tertiary/aromatic N) is 2. The second-order valence-corrected chi connectivity index (χ2v) is 4.14. The molecule has 16 heavy (non-hydrogen) atoms. The van der Waals surface area contributed by atoms with Gasteiger partial charge in [-0.1, -0.05) is 24.3 Å². The van der Waals surface area contributed by atoms with Crippen LogP contribution in [0.4, 0.5) is 0 Å². The first kappa shape index (κ1) is 12.7. The van der Waals surface area contributed by atoms with Crippen molar-refractivity contribution in [3.8, 4) is 0 Å². The Hall–Kier alpha value is -1.32. The fourth-order valence-corrected chi connectivity index (χ4v) is 2.17. The molecule has 0 spiro atoms. The molecular weight excluding hydrogens is 244 g/mol. The van der Waals surface area contributed by atoms with E-state index in [1.54, 1.807) is 0 Å². The second kappa shape index (κ2) is 7.91. The maximum absolute atomic E-state index is 9.92. The molecule has 1 aromatic rings. The van der Waals surface area contributed by atoms with Crippen molar-refractivity contribution in [2.75, 3.05) is 0 Å². The number of rotatable bonds is 6. The van der Waals surface area contributed by atoms with Crippen LogP contribution in [0.25, 0.3) is 0 Å². The highest BCUT2D eigenvalue weighted by molar-refractivity contribution is 7.97. The standard InChI is InChI=1S/C10H8N2O2S2/c13-7-11-15-5-9-3-1-2-4-10(9)6-16-12-8-14/h1-4H,5-6H2. The molecule has 0 heterocycles. The Bertz CT molecular complexity index is 397. The van der Waals surface area contributed by atoms with E-state index in [9.17, 15) is 9.59 Å². The Balaban J connectivity index is 2.66. The predicted molar refractivity (Wildman–Crippen MR) is 65.3 cm³/mol. The van der Waals surface area contributed by atoms with Gasteiger partial charge in [-0.3, -0.25) is 0 Å². The van der Waals surface area contributed by atoms with Gasteiger partial charge < -0.3 is 0 Å². The van der Waals surface area contributed by atoms with Crippen molar-refractivity contribution in [2.45, 2.75) is 11.5 Å². The van der Waals surface area contributed by atoms with Crippen LogP contribution in [0.15, 0.2) is 33.1 Å². The van der Waals surface area contributed by atoms with Gasteiger partial charge in [0, 0.05) is 11.5 Å². The molecule has 4 nitrogen and oxygen atoms in total. The van der Waals surface area contributed by atoms with Gasteiger partial charge >= 0.3 is 0 Å². The molecule has 0 aliphatic heterocycles. The molecule has 0 aliphatic rings. The van der Waals surface area contributed by atoms with Crippen LogP contribution in [0.5, 0.6) is 0 Å². The topological polar surface area (TPSA) is 58.9 Å². The average molecular weight is 252 g/mol. The fraction of sp³-hybridized carbons (Fsp3) is 0.200. The quantitative estimate of drug-likeness (QED) is 0.443. The molecular formula is C10H8N2O2S2. The summed E-state index contributed by atoms with van der Waals surface area (Å²) in [5.74, 6) is 1.22. The fourth-order valence-electron chi connectivity index (χ4n) is 1.10. The van der Waals surface area contributed by atoms with Gasteiger partial charge in [-0.05, 0) is 35.0 Å². The summed E-state index contributed by atoms with van der Waals surface area (Å²) in [5.41, 5.74) is 2.14. The van der Waals surface area contributed by atoms with E-state index in [2.05, 4.69) is 8.80 Å². The first-order valence-corrected chi connectivity index (χ1v) is 6.22. The highest BCUT2D eigenvalue weighted by Crippen LogP contribution is 2.21. The van der Waals surface area contributed by atoms with Crippen LogP contribution in [0.2, 0.25) is 0 Å².